The first kappa shape index (κ1) is 11.6. The molecule has 0 saturated carbocycles. The van der Waals surface area contributed by atoms with Gasteiger partial charge in [-0.2, -0.15) is 0 Å². The molecule has 0 amide bonds. The summed E-state index contributed by atoms with van der Waals surface area (Å²) < 4.78 is 27.9. The Morgan fingerprint density at radius 2 is 2.38 bits per heavy atom. The van der Waals surface area contributed by atoms with E-state index < -0.39 is 9.84 Å². The molecule has 90 valence electrons. The monoisotopic (exact) mass is 245 g/mol. The van der Waals surface area contributed by atoms with E-state index in [9.17, 15) is 13.2 Å². The minimum Gasteiger partial charge on any atom is -0.490 e. The van der Waals surface area contributed by atoms with Crippen LogP contribution in [0.1, 0.15) is 12.8 Å². The summed E-state index contributed by atoms with van der Waals surface area (Å²) in [5, 5.41) is 3.05. The molecule has 6 heteroatoms. The summed E-state index contributed by atoms with van der Waals surface area (Å²) in [7, 11) is -2.98. The first-order valence-corrected chi connectivity index (χ1v) is 7.19. The van der Waals surface area contributed by atoms with E-state index in [2.05, 4.69) is 5.32 Å². The lowest BCUT2D eigenvalue weighted by molar-refractivity contribution is -0.118. The van der Waals surface area contributed by atoms with Gasteiger partial charge in [0.05, 0.1) is 18.1 Å². The third-order valence-corrected chi connectivity index (χ3v) is 4.45. The van der Waals surface area contributed by atoms with Crippen LogP contribution in [0.5, 0.6) is 0 Å². The van der Waals surface area contributed by atoms with Crippen molar-refractivity contribution in [2.45, 2.75) is 18.9 Å². The SMILES string of the molecule is O=C(CC1CS(=O)(=O)CCN1)C1=CCCO1. The molecule has 0 aromatic heterocycles. The highest BCUT2D eigenvalue weighted by molar-refractivity contribution is 7.91. The molecule has 1 saturated heterocycles. The number of allylic oxidation sites excluding steroid dienone is 1. The number of nitrogens with one attached hydrogen (secondary N) is 1. The molecule has 0 spiro atoms. The molecule has 1 fully saturated rings. The Bertz CT molecular complexity index is 413. The van der Waals surface area contributed by atoms with Gasteiger partial charge in [-0.3, -0.25) is 4.79 Å². The Labute approximate surface area is 94.8 Å². The summed E-state index contributed by atoms with van der Waals surface area (Å²) in [5.74, 6) is 0.500. The van der Waals surface area contributed by atoms with Gasteiger partial charge in [-0.25, -0.2) is 8.42 Å². The molecule has 2 heterocycles. The van der Waals surface area contributed by atoms with Gasteiger partial charge < -0.3 is 10.1 Å². The third-order valence-electron chi connectivity index (χ3n) is 2.71. The molecular formula is C10H15NO4S. The largest absolute Gasteiger partial charge is 0.490 e. The highest BCUT2D eigenvalue weighted by atomic mass is 32.2. The predicted octanol–water partition coefficient (Wildman–Crippen LogP) is -0.364. The molecule has 2 aliphatic heterocycles. The van der Waals surface area contributed by atoms with Crippen LogP contribution in [0.4, 0.5) is 0 Å². The maximum Gasteiger partial charge on any atom is 0.198 e. The van der Waals surface area contributed by atoms with Gasteiger partial charge in [0, 0.05) is 25.4 Å². The van der Waals surface area contributed by atoms with Crippen molar-refractivity contribution in [3.8, 4) is 0 Å². The molecule has 0 radical (unpaired) electrons. The van der Waals surface area contributed by atoms with E-state index in [1.807, 2.05) is 0 Å². The molecule has 2 aliphatic rings. The Balaban J connectivity index is 1.92. The van der Waals surface area contributed by atoms with E-state index >= 15 is 0 Å². The summed E-state index contributed by atoms with van der Waals surface area (Å²) in [6.07, 6.45) is 2.72. The third kappa shape index (κ3) is 2.82. The van der Waals surface area contributed by atoms with Crippen molar-refractivity contribution in [1.82, 2.24) is 5.32 Å². The summed E-state index contributed by atoms with van der Waals surface area (Å²) >= 11 is 0. The van der Waals surface area contributed by atoms with Gasteiger partial charge in [0.15, 0.2) is 21.4 Å². The number of sulfone groups is 1. The zero-order valence-electron chi connectivity index (χ0n) is 8.94. The number of rotatable bonds is 3. The zero-order chi connectivity index (χ0) is 11.6. The number of ketones is 1. The molecule has 0 aromatic rings. The van der Waals surface area contributed by atoms with Crippen LogP contribution in [0.2, 0.25) is 0 Å². The van der Waals surface area contributed by atoms with Crippen molar-refractivity contribution in [2.24, 2.45) is 0 Å². The lowest BCUT2D eigenvalue weighted by Gasteiger charge is -2.22. The number of carbonyl (C=O) groups excluding carboxylic acids is 1. The number of Topliss-reactive ketones (excluding diaryl/α,β-unsaturated/α-hetero) is 1. The van der Waals surface area contributed by atoms with Crippen LogP contribution < -0.4 is 5.32 Å². The zero-order valence-corrected chi connectivity index (χ0v) is 9.76. The minimum absolute atomic E-state index is 0.0476. The molecule has 0 bridgehead atoms. The maximum absolute atomic E-state index is 11.7. The van der Waals surface area contributed by atoms with E-state index in [-0.39, 0.29) is 29.8 Å². The maximum atomic E-state index is 11.7. The average Bonchev–Trinajstić information content (AvgIpc) is 2.68. The molecule has 1 N–H and O–H groups in total. The van der Waals surface area contributed by atoms with Crippen LogP contribution in [0.3, 0.4) is 0 Å². The summed E-state index contributed by atoms with van der Waals surface area (Å²) in [4.78, 5) is 11.7. The molecule has 1 unspecified atom stereocenters. The smallest absolute Gasteiger partial charge is 0.198 e. The van der Waals surface area contributed by atoms with E-state index in [4.69, 9.17) is 4.74 Å². The van der Waals surface area contributed by atoms with Gasteiger partial charge in [0.25, 0.3) is 0 Å². The summed E-state index contributed by atoms with van der Waals surface area (Å²) in [6, 6.07) is -0.267. The van der Waals surface area contributed by atoms with Crippen molar-refractivity contribution >= 4 is 15.6 Å². The molecular weight excluding hydrogens is 230 g/mol. The van der Waals surface area contributed by atoms with Crippen molar-refractivity contribution < 1.29 is 17.9 Å². The summed E-state index contributed by atoms with van der Waals surface area (Å²) in [5.41, 5.74) is 0. The Morgan fingerprint density at radius 3 is 3.00 bits per heavy atom. The number of hydrogen-bond acceptors (Lipinski definition) is 5. The number of hydrogen-bond donors (Lipinski definition) is 1. The van der Waals surface area contributed by atoms with Gasteiger partial charge in [0.1, 0.15) is 0 Å². The Morgan fingerprint density at radius 1 is 1.56 bits per heavy atom. The van der Waals surface area contributed by atoms with Crippen molar-refractivity contribution in [2.75, 3.05) is 24.7 Å². The van der Waals surface area contributed by atoms with E-state index in [1.54, 1.807) is 6.08 Å². The van der Waals surface area contributed by atoms with Gasteiger partial charge in [-0.15, -0.1) is 0 Å². The lowest BCUT2D eigenvalue weighted by atomic mass is 10.1. The topological polar surface area (TPSA) is 72.5 Å². The Kier molecular flexibility index (Phi) is 3.30. The first-order valence-electron chi connectivity index (χ1n) is 5.37. The fourth-order valence-corrected chi connectivity index (χ4v) is 3.38. The highest BCUT2D eigenvalue weighted by Crippen LogP contribution is 2.14. The molecule has 5 nitrogen and oxygen atoms in total. The van der Waals surface area contributed by atoms with Crippen LogP contribution >= 0.6 is 0 Å². The summed E-state index contributed by atoms with van der Waals surface area (Å²) in [6.45, 7) is 0.984. The van der Waals surface area contributed by atoms with Crippen molar-refractivity contribution in [1.29, 1.82) is 0 Å². The highest BCUT2D eigenvalue weighted by Gasteiger charge is 2.27. The van der Waals surface area contributed by atoms with E-state index in [1.165, 1.54) is 0 Å². The van der Waals surface area contributed by atoms with Gasteiger partial charge in [0.2, 0.25) is 0 Å². The van der Waals surface area contributed by atoms with Crippen LogP contribution in [0.15, 0.2) is 11.8 Å². The predicted molar refractivity (Wildman–Crippen MR) is 58.7 cm³/mol. The van der Waals surface area contributed by atoms with Gasteiger partial charge >= 0.3 is 0 Å². The second-order valence-electron chi connectivity index (χ2n) is 4.10. The van der Waals surface area contributed by atoms with Crippen LogP contribution in [0, 0.1) is 0 Å². The Hall–Kier alpha value is -0.880. The van der Waals surface area contributed by atoms with E-state index in [0.29, 0.717) is 18.9 Å². The molecule has 2 rings (SSSR count). The molecule has 0 aliphatic carbocycles. The molecule has 0 aromatic carbocycles. The normalized spacial score (nSPS) is 28.2. The fraction of sp³-hybridized carbons (Fsp3) is 0.700. The van der Waals surface area contributed by atoms with Crippen LogP contribution in [-0.2, 0) is 19.4 Å². The second-order valence-corrected chi connectivity index (χ2v) is 6.33. The average molecular weight is 245 g/mol. The number of ether oxygens (including phenoxy) is 1. The molecule has 1 atom stereocenters. The fourth-order valence-electron chi connectivity index (χ4n) is 1.93. The lowest BCUT2D eigenvalue weighted by Crippen LogP contribution is -2.46. The van der Waals surface area contributed by atoms with Crippen LogP contribution in [-0.4, -0.2) is 44.9 Å². The van der Waals surface area contributed by atoms with Crippen molar-refractivity contribution in [3.05, 3.63) is 11.8 Å². The minimum atomic E-state index is -2.98. The van der Waals surface area contributed by atoms with Crippen LogP contribution in [0.25, 0.3) is 0 Å². The van der Waals surface area contributed by atoms with Crippen molar-refractivity contribution in [3.63, 3.8) is 0 Å². The second kappa shape index (κ2) is 4.55. The quantitative estimate of drug-likeness (QED) is 0.735. The van der Waals surface area contributed by atoms with Gasteiger partial charge in [-0.1, -0.05) is 0 Å². The molecule has 16 heavy (non-hydrogen) atoms. The van der Waals surface area contributed by atoms with E-state index in [0.717, 1.165) is 6.42 Å². The standard InChI is InChI=1S/C10H15NO4S/c12-9(10-2-1-4-15-10)6-8-7-16(13,14)5-3-11-8/h2,8,11H,1,3-7H2. The van der Waals surface area contributed by atoms with Gasteiger partial charge in [-0.05, 0) is 6.08 Å². The first-order chi connectivity index (χ1) is 7.57. The number of carbonyl (C=O) groups is 1.